The first-order chi connectivity index (χ1) is 46.2. The van der Waals surface area contributed by atoms with E-state index in [-0.39, 0.29) is 19.3 Å². The first kappa shape index (κ1) is 89.9. The lowest BCUT2D eigenvalue weighted by Crippen LogP contribution is -2.30. The van der Waals surface area contributed by atoms with Gasteiger partial charge in [0.1, 0.15) is 25.4 Å². The Bertz CT molecular complexity index is 2410. The van der Waals surface area contributed by atoms with E-state index in [1.54, 1.807) is 0 Å². The zero-order valence-corrected chi connectivity index (χ0v) is 60.1. The molecule has 16 nitrogen and oxygen atoms in total. The molecule has 0 saturated heterocycles. The summed E-state index contributed by atoms with van der Waals surface area (Å²) in [6, 6.07) is 0. The Kier molecular flexibility index (Phi) is 65.1. The Labute approximate surface area is 573 Å². The molecular weight excluding hydrogens is 1240 g/mol. The zero-order chi connectivity index (χ0) is 69.5. The largest absolute Gasteiger partial charge is 0.472 e. The third kappa shape index (κ3) is 70.1. The number of phosphoric ester groups is 2. The maximum Gasteiger partial charge on any atom is 0.472 e. The van der Waals surface area contributed by atoms with Crippen LogP contribution in [0.5, 0.6) is 0 Å². The fourth-order valence-electron chi connectivity index (χ4n) is 8.56. The molecule has 5 unspecified atom stereocenters. The summed E-state index contributed by atoms with van der Waals surface area (Å²) in [7, 11) is -9.83. The number of unbranched alkanes of at least 4 members (excludes halogenated alkanes) is 14. The maximum absolute atomic E-state index is 12.9. The van der Waals surface area contributed by atoms with Gasteiger partial charge in [-0.1, -0.05) is 242 Å². The number of rotatable bonds is 65. The molecular formula is C77H124O16P2. The molecule has 0 aliphatic heterocycles. The summed E-state index contributed by atoms with van der Waals surface area (Å²) < 4.78 is 60.9. The molecule has 0 rings (SSSR count). The Morgan fingerprint density at radius 1 is 0.305 bits per heavy atom. The molecule has 0 bridgehead atoms. The lowest BCUT2D eigenvalue weighted by molar-refractivity contribution is -0.161. The van der Waals surface area contributed by atoms with Gasteiger partial charge in [-0.05, 0) is 148 Å². The summed E-state index contributed by atoms with van der Waals surface area (Å²) >= 11 is 0. The highest BCUT2D eigenvalue weighted by Crippen LogP contribution is 2.45. The molecule has 0 aliphatic carbocycles. The number of aliphatic hydroxyl groups excluding tert-OH is 2. The number of carbonyl (C=O) groups excluding carboxylic acids is 3. The SMILES string of the molecule is CC/C=C\C/C=C\C/C=C\C/C=C\C/C=C\CCCCCC(=O)OCC(COP(=O)(O)OCC(O)COP(=O)(O)OCC(O)COC(=O)CCCCCCCCC/C=C\C/C=C\C/C=C\C/C=C\CCCCC)OC(=O)CCC/C=C\C/C=C\C/C=C\C/C=C\C/C=C\CC. The molecule has 0 heterocycles. The van der Waals surface area contributed by atoms with Gasteiger partial charge < -0.3 is 34.2 Å². The lowest BCUT2D eigenvalue weighted by atomic mass is 10.1. The van der Waals surface area contributed by atoms with Crippen molar-refractivity contribution in [3.05, 3.63) is 170 Å². The van der Waals surface area contributed by atoms with Gasteiger partial charge in [-0.2, -0.15) is 0 Å². The van der Waals surface area contributed by atoms with Crippen LogP contribution in [0, 0.1) is 0 Å². The third-order valence-electron chi connectivity index (χ3n) is 13.9. The van der Waals surface area contributed by atoms with E-state index in [1.165, 1.54) is 25.7 Å². The average Bonchev–Trinajstić information content (AvgIpc) is 2.35. The average molecular weight is 1370 g/mol. The number of esters is 3. The molecule has 0 aromatic rings. The van der Waals surface area contributed by atoms with Crippen LogP contribution in [0.3, 0.4) is 0 Å². The van der Waals surface area contributed by atoms with E-state index in [0.717, 1.165) is 148 Å². The molecule has 95 heavy (non-hydrogen) atoms. The summed E-state index contributed by atoms with van der Waals surface area (Å²) in [5.41, 5.74) is 0. The molecule has 0 radical (unpaired) electrons. The highest BCUT2D eigenvalue weighted by molar-refractivity contribution is 7.47. The third-order valence-corrected chi connectivity index (χ3v) is 15.8. The van der Waals surface area contributed by atoms with Crippen molar-refractivity contribution in [2.45, 2.75) is 257 Å². The summed E-state index contributed by atoms with van der Waals surface area (Å²) in [6.07, 6.45) is 85.5. The number of phosphoric acid groups is 2. The van der Waals surface area contributed by atoms with Crippen molar-refractivity contribution in [2.75, 3.05) is 39.6 Å². The van der Waals surface area contributed by atoms with Crippen LogP contribution >= 0.6 is 15.6 Å². The summed E-state index contributed by atoms with van der Waals surface area (Å²) in [6.45, 7) is 2.26. The fraction of sp³-hybridized carbons (Fsp3) is 0.597. The molecule has 0 spiro atoms. The van der Waals surface area contributed by atoms with Gasteiger partial charge in [0.2, 0.25) is 0 Å². The predicted octanol–water partition coefficient (Wildman–Crippen LogP) is 20.1. The molecule has 0 aromatic heterocycles. The molecule has 0 aliphatic rings. The Morgan fingerprint density at radius 2 is 0.568 bits per heavy atom. The van der Waals surface area contributed by atoms with Crippen molar-refractivity contribution in [3.63, 3.8) is 0 Å². The van der Waals surface area contributed by atoms with Crippen LogP contribution in [0.1, 0.15) is 239 Å². The highest BCUT2D eigenvalue weighted by atomic mass is 31.2. The summed E-state index contributed by atoms with van der Waals surface area (Å²) in [4.78, 5) is 58.4. The highest BCUT2D eigenvalue weighted by Gasteiger charge is 2.29. The number of allylic oxidation sites excluding steroid dienone is 28. The number of carbonyl (C=O) groups is 3. The van der Waals surface area contributed by atoms with Crippen LogP contribution in [-0.2, 0) is 55.8 Å². The molecule has 538 valence electrons. The van der Waals surface area contributed by atoms with Gasteiger partial charge in [-0.15, -0.1) is 0 Å². The van der Waals surface area contributed by atoms with Crippen molar-refractivity contribution >= 4 is 33.6 Å². The summed E-state index contributed by atoms with van der Waals surface area (Å²) in [5, 5.41) is 20.6. The second-order valence-electron chi connectivity index (χ2n) is 22.9. The van der Waals surface area contributed by atoms with E-state index in [1.807, 2.05) is 12.2 Å². The van der Waals surface area contributed by atoms with Gasteiger partial charge >= 0.3 is 33.6 Å². The number of ether oxygens (including phenoxy) is 3. The van der Waals surface area contributed by atoms with Crippen LogP contribution in [0.4, 0.5) is 0 Å². The van der Waals surface area contributed by atoms with Crippen LogP contribution in [0.2, 0.25) is 0 Å². The molecule has 0 saturated carbocycles. The first-order valence-corrected chi connectivity index (χ1v) is 38.4. The van der Waals surface area contributed by atoms with Crippen molar-refractivity contribution in [2.24, 2.45) is 0 Å². The maximum atomic E-state index is 12.9. The molecule has 0 amide bonds. The van der Waals surface area contributed by atoms with Crippen LogP contribution in [-0.4, -0.2) is 95.9 Å². The van der Waals surface area contributed by atoms with E-state index >= 15 is 0 Å². The Balaban J connectivity index is 4.76. The van der Waals surface area contributed by atoms with E-state index in [9.17, 15) is 43.5 Å². The van der Waals surface area contributed by atoms with E-state index in [0.29, 0.717) is 25.7 Å². The standard InChI is InChI=1S/C77H124O16P2/c1-4-7-10-13-16-19-22-25-28-31-33-34-35-36-38-41-42-45-48-51-54-57-60-63-75(80)87-66-72(78)67-89-94(83,84)90-68-73(79)69-91-95(85,86)92-71-74(93-77(82)65-62-59-56-53-50-47-44-39-30-27-24-21-18-15-12-9-6-3)70-88-76(81)64-61-58-55-52-49-46-43-40-37-32-29-26-23-20-17-14-11-8-5-2/h8-9,11-12,16-21,25-30,33-34,36-38,40,44,46-47,49,53,56,72-74,78-79H,4-7,10,13-15,22-24,31-32,35,39,41-43,45,48,50-52,54-55,57-71H2,1-3H3,(H,83,84)(H,85,86)/b11-8-,12-9-,19-16-,20-17-,21-18-,28-25-,29-26-,30-27-,34-33-,38-36-,40-37-,47-44-,49-46-,56-53-. The van der Waals surface area contributed by atoms with Crippen molar-refractivity contribution in [3.8, 4) is 0 Å². The second-order valence-corrected chi connectivity index (χ2v) is 25.8. The van der Waals surface area contributed by atoms with Crippen LogP contribution in [0.25, 0.3) is 0 Å². The molecule has 4 N–H and O–H groups in total. The normalized spacial score (nSPS) is 15.1. The summed E-state index contributed by atoms with van der Waals surface area (Å²) in [5.74, 6) is -1.71. The van der Waals surface area contributed by atoms with Crippen LogP contribution in [0.15, 0.2) is 170 Å². The minimum absolute atomic E-state index is 0.0110. The number of hydrogen-bond acceptors (Lipinski definition) is 14. The van der Waals surface area contributed by atoms with E-state index in [2.05, 4.69) is 179 Å². The van der Waals surface area contributed by atoms with Gasteiger partial charge in [0.25, 0.3) is 0 Å². The van der Waals surface area contributed by atoms with E-state index in [4.69, 9.17) is 32.3 Å². The lowest BCUT2D eigenvalue weighted by Gasteiger charge is -2.21. The van der Waals surface area contributed by atoms with E-state index < -0.39 is 91.5 Å². The molecule has 18 heteroatoms. The molecule has 0 fully saturated rings. The molecule has 5 atom stereocenters. The predicted molar refractivity (Wildman–Crippen MR) is 389 cm³/mol. The Hall–Kier alpha value is -5.09. The Morgan fingerprint density at radius 3 is 0.926 bits per heavy atom. The van der Waals surface area contributed by atoms with Gasteiger partial charge in [-0.25, -0.2) is 9.13 Å². The van der Waals surface area contributed by atoms with Gasteiger partial charge in [-0.3, -0.25) is 32.5 Å². The topological polar surface area (TPSA) is 231 Å². The quantitative estimate of drug-likeness (QED) is 0.0146. The minimum Gasteiger partial charge on any atom is -0.463 e. The smallest absolute Gasteiger partial charge is 0.463 e. The van der Waals surface area contributed by atoms with Crippen molar-refractivity contribution in [1.82, 2.24) is 0 Å². The first-order valence-electron chi connectivity index (χ1n) is 35.4. The van der Waals surface area contributed by atoms with Crippen molar-refractivity contribution < 1.29 is 75.8 Å². The number of aliphatic hydroxyl groups is 2. The minimum atomic E-state index is -4.96. The van der Waals surface area contributed by atoms with Gasteiger partial charge in [0.05, 0.1) is 26.4 Å². The van der Waals surface area contributed by atoms with Gasteiger partial charge in [0, 0.05) is 19.3 Å². The van der Waals surface area contributed by atoms with Crippen LogP contribution < -0.4 is 0 Å². The molecule has 0 aromatic carbocycles. The second kappa shape index (κ2) is 68.8. The zero-order valence-electron chi connectivity index (χ0n) is 58.3. The van der Waals surface area contributed by atoms with Gasteiger partial charge in [0.15, 0.2) is 6.10 Å². The number of hydrogen-bond donors (Lipinski definition) is 4. The monoisotopic (exact) mass is 1370 g/mol. The fourth-order valence-corrected chi connectivity index (χ4v) is 10.1. The van der Waals surface area contributed by atoms with Crippen molar-refractivity contribution in [1.29, 1.82) is 0 Å².